The number of para-hydroxylation sites is 1. The number of nitrogens with one attached hydrogen (secondary N) is 1. The van der Waals surface area contributed by atoms with Crippen molar-refractivity contribution in [3.05, 3.63) is 70.0 Å². The maximum atomic E-state index is 12.4. The smallest absolute Gasteiger partial charge is 0.262 e. The first kappa shape index (κ1) is 14.0. The van der Waals surface area contributed by atoms with Gasteiger partial charge in [-0.3, -0.25) is 19.5 Å². The van der Waals surface area contributed by atoms with E-state index in [1.54, 1.807) is 37.4 Å². The Hall–Kier alpha value is -2.95. The second-order valence-corrected chi connectivity index (χ2v) is 5.09. The van der Waals surface area contributed by atoms with Gasteiger partial charge in [-0.05, 0) is 30.7 Å². The van der Waals surface area contributed by atoms with E-state index in [0.29, 0.717) is 16.5 Å². The summed E-state index contributed by atoms with van der Waals surface area (Å²) < 4.78 is 1.35. The van der Waals surface area contributed by atoms with Crippen LogP contribution in [0, 0.1) is 6.92 Å². The normalized spacial score (nSPS) is 10.6. The fraction of sp³-hybridized carbons (Fsp3) is 0.118. The molecule has 0 fully saturated rings. The van der Waals surface area contributed by atoms with Gasteiger partial charge in [0.05, 0.1) is 10.9 Å². The van der Waals surface area contributed by atoms with Gasteiger partial charge in [-0.15, -0.1) is 0 Å². The maximum absolute atomic E-state index is 12.4. The number of hydrogen-bond donors (Lipinski definition) is 1. The summed E-state index contributed by atoms with van der Waals surface area (Å²) in [4.78, 5) is 29.0. The molecular weight excluding hydrogens is 278 g/mol. The van der Waals surface area contributed by atoms with Crippen molar-refractivity contribution in [2.24, 2.45) is 7.05 Å². The highest BCUT2D eigenvalue weighted by Gasteiger charge is 2.13. The number of amides is 1. The summed E-state index contributed by atoms with van der Waals surface area (Å²) in [5.74, 6) is -0.0483. The third kappa shape index (κ3) is 2.37. The molecule has 1 aromatic heterocycles. The molecule has 110 valence electrons. The van der Waals surface area contributed by atoms with Crippen LogP contribution in [0.2, 0.25) is 0 Å². The Morgan fingerprint density at radius 1 is 1.09 bits per heavy atom. The summed E-state index contributed by atoms with van der Waals surface area (Å²) in [5.41, 5.74) is 1.80. The zero-order chi connectivity index (χ0) is 15.7. The molecule has 0 aliphatic heterocycles. The minimum atomic E-state index is -0.282. The molecule has 0 unspecified atom stereocenters. The lowest BCUT2D eigenvalue weighted by atomic mass is 10.1. The minimum Gasteiger partial charge on any atom is -0.292 e. The number of benzene rings is 2. The van der Waals surface area contributed by atoms with E-state index in [1.165, 1.54) is 4.57 Å². The molecule has 0 spiro atoms. The minimum absolute atomic E-state index is 0.189. The first-order valence-electron chi connectivity index (χ1n) is 6.90. The van der Waals surface area contributed by atoms with Gasteiger partial charge in [0.1, 0.15) is 0 Å². The average Bonchev–Trinajstić information content (AvgIpc) is 2.52. The van der Waals surface area contributed by atoms with Crippen molar-refractivity contribution < 1.29 is 4.79 Å². The van der Waals surface area contributed by atoms with Crippen molar-refractivity contribution in [1.82, 2.24) is 9.55 Å². The van der Waals surface area contributed by atoms with E-state index in [0.717, 1.165) is 5.56 Å². The summed E-state index contributed by atoms with van der Waals surface area (Å²) >= 11 is 0. The molecule has 3 rings (SSSR count). The SMILES string of the molecule is Cc1ccccc1C(=O)Nc1nc2ccccc2c(=O)n1C. The van der Waals surface area contributed by atoms with E-state index in [1.807, 2.05) is 25.1 Å². The first-order chi connectivity index (χ1) is 10.6. The molecule has 0 saturated carbocycles. The summed E-state index contributed by atoms with van der Waals surface area (Å²) in [6, 6.07) is 14.3. The third-order valence-corrected chi connectivity index (χ3v) is 3.60. The summed E-state index contributed by atoms with van der Waals surface area (Å²) in [7, 11) is 1.59. The van der Waals surface area contributed by atoms with Crippen molar-refractivity contribution in [2.45, 2.75) is 6.92 Å². The van der Waals surface area contributed by atoms with Crippen molar-refractivity contribution >= 4 is 22.8 Å². The highest BCUT2D eigenvalue weighted by atomic mass is 16.2. The van der Waals surface area contributed by atoms with E-state index in [-0.39, 0.29) is 17.4 Å². The van der Waals surface area contributed by atoms with Crippen molar-refractivity contribution in [3.63, 3.8) is 0 Å². The van der Waals surface area contributed by atoms with Crippen molar-refractivity contribution in [3.8, 4) is 0 Å². The first-order valence-corrected chi connectivity index (χ1v) is 6.90. The van der Waals surface area contributed by atoms with Gasteiger partial charge in [-0.2, -0.15) is 0 Å². The Morgan fingerprint density at radius 3 is 2.55 bits per heavy atom. The van der Waals surface area contributed by atoms with E-state index in [4.69, 9.17) is 0 Å². The molecule has 0 saturated heterocycles. The van der Waals surface area contributed by atoms with Gasteiger partial charge >= 0.3 is 0 Å². The molecular formula is C17H15N3O2. The van der Waals surface area contributed by atoms with Gasteiger partial charge in [-0.1, -0.05) is 30.3 Å². The molecule has 3 aromatic rings. The molecule has 0 atom stereocenters. The molecule has 1 amide bonds. The largest absolute Gasteiger partial charge is 0.292 e. The second-order valence-electron chi connectivity index (χ2n) is 5.09. The van der Waals surface area contributed by atoms with Crippen LogP contribution in [0.15, 0.2) is 53.3 Å². The number of anilines is 1. The maximum Gasteiger partial charge on any atom is 0.262 e. The number of hydrogen-bond acceptors (Lipinski definition) is 3. The fourth-order valence-electron chi connectivity index (χ4n) is 2.33. The molecule has 1 N–H and O–H groups in total. The van der Waals surface area contributed by atoms with Gasteiger partial charge in [0.15, 0.2) is 0 Å². The number of aromatic nitrogens is 2. The third-order valence-electron chi connectivity index (χ3n) is 3.60. The lowest BCUT2D eigenvalue weighted by molar-refractivity contribution is 0.102. The van der Waals surface area contributed by atoms with Crippen LogP contribution in [-0.4, -0.2) is 15.5 Å². The Morgan fingerprint density at radius 2 is 1.77 bits per heavy atom. The van der Waals surface area contributed by atoms with E-state index in [2.05, 4.69) is 10.3 Å². The number of rotatable bonds is 2. The highest BCUT2D eigenvalue weighted by molar-refractivity contribution is 6.04. The summed E-state index contributed by atoms with van der Waals surface area (Å²) in [6.45, 7) is 1.86. The average molecular weight is 293 g/mol. The van der Waals surface area contributed by atoms with Crippen LogP contribution in [0.3, 0.4) is 0 Å². The number of carbonyl (C=O) groups excluding carboxylic acids is 1. The number of fused-ring (bicyclic) bond motifs is 1. The monoisotopic (exact) mass is 293 g/mol. The van der Waals surface area contributed by atoms with Gasteiger partial charge in [0, 0.05) is 12.6 Å². The van der Waals surface area contributed by atoms with E-state index in [9.17, 15) is 9.59 Å². The zero-order valence-electron chi connectivity index (χ0n) is 12.3. The Balaban J connectivity index is 2.05. The predicted octanol–water partition coefficient (Wildman–Crippen LogP) is 2.49. The number of nitrogens with zero attached hydrogens (tertiary/aromatic N) is 2. The quantitative estimate of drug-likeness (QED) is 0.789. The van der Waals surface area contributed by atoms with Crippen LogP contribution in [0.1, 0.15) is 15.9 Å². The Bertz CT molecular complexity index is 929. The van der Waals surface area contributed by atoms with E-state index >= 15 is 0 Å². The zero-order valence-corrected chi connectivity index (χ0v) is 12.3. The van der Waals surface area contributed by atoms with Crippen molar-refractivity contribution in [2.75, 3.05) is 5.32 Å². The molecule has 2 aromatic carbocycles. The van der Waals surface area contributed by atoms with Crippen molar-refractivity contribution in [1.29, 1.82) is 0 Å². The molecule has 0 aliphatic rings. The predicted molar refractivity (Wildman–Crippen MR) is 86.1 cm³/mol. The topological polar surface area (TPSA) is 64.0 Å². The standard InChI is InChI=1S/C17H15N3O2/c1-11-7-3-4-8-12(11)15(21)19-17-18-14-10-6-5-9-13(14)16(22)20(17)2/h3-10H,1-2H3,(H,18,19,21). The van der Waals surface area contributed by atoms with E-state index < -0.39 is 0 Å². The molecule has 5 nitrogen and oxygen atoms in total. The molecule has 0 aliphatic carbocycles. The summed E-state index contributed by atoms with van der Waals surface area (Å²) in [5, 5.41) is 3.24. The Kier molecular flexibility index (Phi) is 3.47. The van der Waals surface area contributed by atoms with Gasteiger partial charge < -0.3 is 0 Å². The van der Waals surface area contributed by atoms with Gasteiger partial charge in [0.25, 0.3) is 11.5 Å². The van der Waals surface area contributed by atoms with Crippen LogP contribution in [-0.2, 0) is 7.05 Å². The lowest BCUT2D eigenvalue weighted by Gasteiger charge is -2.11. The molecule has 22 heavy (non-hydrogen) atoms. The van der Waals surface area contributed by atoms with Crippen LogP contribution in [0.5, 0.6) is 0 Å². The van der Waals surface area contributed by atoms with Crippen LogP contribution >= 0.6 is 0 Å². The summed E-state index contributed by atoms with van der Waals surface area (Å²) in [6.07, 6.45) is 0. The lowest BCUT2D eigenvalue weighted by Crippen LogP contribution is -2.25. The molecule has 0 radical (unpaired) electrons. The number of carbonyl (C=O) groups is 1. The highest BCUT2D eigenvalue weighted by Crippen LogP contribution is 2.13. The second kappa shape index (κ2) is 5.44. The van der Waals surface area contributed by atoms with Crippen LogP contribution in [0.25, 0.3) is 10.9 Å². The van der Waals surface area contributed by atoms with Gasteiger partial charge in [0.2, 0.25) is 5.95 Å². The van der Waals surface area contributed by atoms with Gasteiger partial charge in [-0.25, -0.2) is 4.98 Å². The van der Waals surface area contributed by atoms with Crippen LogP contribution in [0.4, 0.5) is 5.95 Å². The Labute approximate surface area is 127 Å². The molecule has 0 bridgehead atoms. The van der Waals surface area contributed by atoms with Crippen LogP contribution < -0.4 is 10.9 Å². The fourth-order valence-corrected chi connectivity index (χ4v) is 2.33. The molecule has 1 heterocycles. The molecule has 5 heteroatoms. The number of aryl methyl sites for hydroxylation is 1.